The van der Waals surface area contributed by atoms with E-state index in [0.717, 1.165) is 41.8 Å². The third kappa shape index (κ3) is 2.59. The molecule has 0 unspecified atom stereocenters. The van der Waals surface area contributed by atoms with E-state index in [2.05, 4.69) is 9.71 Å². The van der Waals surface area contributed by atoms with Crippen molar-refractivity contribution in [2.45, 2.75) is 30.7 Å². The van der Waals surface area contributed by atoms with Crippen LogP contribution in [0.4, 0.5) is 5.69 Å². The zero-order valence-corrected chi connectivity index (χ0v) is 13.8. The largest absolute Gasteiger partial charge is 0.312 e. The molecule has 124 valence electrons. The minimum Gasteiger partial charge on any atom is -0.312 e. The number of sulfonamides is 1. The summed E-state index contributed by atoms with van der Waals surface area (Å²) in [5.41, 5.74) is 3.55. The molecule has 0 aliphatic carbocycles. The van der Waals surface area contributed by atoms with E-state index in [4.69, 9.17) is 0 Å². The molecule has 0 bridgehead atoms. The normalized spacial score (nSPS) is 16.3. The lowest BCUT2D eigenvalue weighted by Gasteiger charge is -2.26. The standard InChI is InChI=1S/C17H17N3O3S/c21-16-10-14-9-15(8-13-2-1-7-20(16)17(13)14)24(22,23)19-11-12-3-5-18-6-4-12/h3-6,8-9,19H,1-2,7,10-11H2. The number of rotatable bonds is 4. The molecule has 0 fully saturated rings. The Morgan fingerprint density at radius 1 is 1.17 bits per heavy atom. The molecule has 2 aliphatic heterocycles. The molecule has 0 atom stereocenters. The van der Waals surface area contributed by atoms with Crippen LogP contribution in [0.2, 0.25) is 0 Å². The Hall–Kier alpha value is -2.25. The summed E-state index contributed by atoms with van der Waals surface area (Å²) < 4.78 is 27.9. The second-order valence-electron chi connectivity index (χ2n) is 6.10. The van der Waals surface area contributed by atoms with Crippen molar-refractivity contribution in [1.29, 1.82) is 0 Å². The van der Waals surface area contributed by atoms with Crippen molar-refractivity contribution in [2.24, 2.45) is 0 Å². The number of carbonyl (C=O) groups excluding carboxylic acids is 1. The van der Waals surface area contributed by atoms with Crippen molar-refractivity contribution < 1.29 is 13.2 Å². The zero-order chi connectivity index (χ0) is 16.7. The van der Waals surface area contributed by atoms with Crippen LogP contribution in [0, 0.1) is 0 Å². The summed E-state index contributed by atoms with van der Waals surface area (Å²) in [5.74, 6) is 0.0604. The van der Waals surface area contributed by atoms with Gasteiger partial charge in [-0.2, -0.15) is 0 Å². The molecule has 4 rings (SSSR count). The molecule has 1 amide bonds. The molecule has 2 aliphatic rings. The fourth-order valence-electron chi connectivity index (χ4n) is 3.36. The van der Waals surface area contributed by atoms with E-state index >= 15 is 0 Å². The number of anilines is 1. The Bertz CT molecular complexity index is 910. The molecule has 0 saturated carbocycles. The molecular formula is C17H17N3O3S. The topological polar surface area (TPSA) is 79.4 Å². The number of nitrogens with one attached hydrogen (secondary N) is 1. The van der Waals surface area contributed by atoms with E-state index < -0.39 is 10.0 Å². The summed E-state index contributed by atoms with van der Waals surface area (Å²) in [6.07, 6.45) is 5.22. The number of pyridine rings is 1. The number of nitrogens with zero attached hydrogens (tertiary/aromatic N) is 2. The van der Waals surface area contributed by atoms with Gasteiger partial charge in [0.2, 0.25) is 15.9 Å². The van der Waals surface area contributed by atoms with Gasteiger partial charge >= 0.3 is 0 Å². The van der Waals surface area contributed by atoms with Crippen LogP contribution < -0.4 is 9.62 Å². The second kappa shape index (κ2) is 5.68. The van der Waals surface area contributed by atoms with Crippen LogP contribution in [-0.4, -0.2) is 25.9 Å². The van der Waals surface area contributed by atoms with Gasteiger partial charge in [-0.15, -0.1) is 0 Å². The van der Waals surface area contributed by atoms with Crippen LogP contribution >= 0.6 is 0 Å². The van der Waals surface area contributed by atoms with Crippen molar-refractivity contribution in [1.82, 2.24) is 9.71 Å². The first-order valence-corrected chi connectivity index (χ1v) is 9.38. The van der Waals surface area contributed by atoms with E-state index in [0.29, 0.717) is 0 Å². The average molecular weight is 343 g/mol. The van der Waals surface area contributed by atoms with Crippen molar-refractivity contribution >= 4 is 21.6 Å². The molecule has 2 aromatic rings. The summed E-state index contributed by atoms with van der Waals surface area (Å²) >= 11 is 0. The van der Waals surface area contributed by atoms with Gasteiger partial charge in [-0.05, 0) is 53.8 Å². The first kappa shape index (κ1) is 15.3. The molecule has 0 saturated heterocycles. The van der Waals surface area contributed by atoms with E-state index in [9.17, 15) is 13.2 Å². The summed E-state index contributed by atoms with van der Waals surface area (Å²) in [4.78, 5) is 18.0. The minimum atomic E-state index is -3.62. The third-order valence-corrected chi connectivity index (χ3v) is 5.89. The zero-order valence-electron chi connectivity index (χ0n) is 13.0. The van der Waals surface area contributed by atoms with Crippen LogP contribution in [0.5, 0.6) is 0 Å². The second-order valence-corrected chi connectivity index (χ2v) is 7.86. The quantitative estimate of drug-likeness (QED) is 0.910. The highest BCUT2D eigenvalue weighted by Crippen LogP contribution is 2.38. The smallest absolute Gasteiger partial charge is 0.240 e. The maximum atomic E-state index is 12.6. The first-order chi connectivity index (χ1) is 11.5. The van der Waals surface area contributed by atoms with Gasteiger partial charge < -0.3 is 4.90 Å². The molecule has 1 aromatic heterocycles. The van der Waals surface area contributed by atoms with Gasteiger partial charge in [0.05, 0.1) is 17.0 Å². The van der Waals surface area contributed by atoms with E-state index in [1.165, 1.54) is 0 Å². The maximum Gasteiger partial charge on any atom is 0.240 e. The lowest BCUT2D eigenvalue weighted by molar-refractivity contribution is -0.117. The lowest BCUT2D eigenvalue weighted by Crippen LogP contribution is -2.31. The molecule has 3 heterocycles. The lowest BCUT2D eigenvalue weighted by atomic mass is 10.0. The predicted octanol–water partition coefficient (Wildman–Crippen LogP) is 1.40. The highest BCUT2D eigenvalue weighted by atomic mass is 32.2. The van der Waals surface area contributed by atoms with Gasteiger partial charge in [0.25, 0.3) is 0 Å². The number of benzene rings is 1. The molecule has 1 N–H and O–H groups in total. The maximum absolute atomic E-state index is 12.6. The Labute approximate surface area is 140 Å². The van der Waals surface area contributed by atoms with Crippen molar-refractivity contribution in [3.05, 3.63) is 53.3 Å². The van der Waals surface area contributed by atoms with Crippen LogP contribution in [-0.2, 0) is 34.2 Å². The molecule has 24 heavy (non-hydrogen) atoms. The van der Waals surface area contributed by atoms with Crippen LogP contribution in [0.1, 0.15) is 23.1 Å². The van der Waals surface area contributed by atoms with Gasteiger partial charge in [-0.1, -0.05) is 0 Å². The Morgan fingerprint density at radius 3 is 2.71 bits per heavy atom. The molecule has 0 radical (unpaired) electrons. The highest BCUT2D eigenvalue weighted by molar-refractivity contribution is 7.89. The molecule has 0 spiro atoms. The van der Waals surface area contributed by atoms with E-state index in [-0.39, 0.29) is 23.8 Å². The number of hydrogen-bond acceptors (Lipinski definition) is 4. The van der Waals surface area contributed by atoms with Crippen LogP contribution in [0.15, 0.2) is 41.6 Å². The number of aromatic nitrogens is 1. The van der Waals surface area contributed by atoms with Crippen LogP contribution in [0.3, 0.4) is 0 Å². The van der Waals surface area contributed by atoms with Gasteiger partial charge in [-0.25, -0.2) is 13.1 Å². The molecular weight excluding hydrogens is 326 g/mol. The van der Waals surface area contributed by atoms with Gasteiger partial charge in [0, 0.05) is 25.5 Å². The van der Waals surface area contributed by atoms with Crippen molar-refractivity contribution in [3.63, 3.8) is 0 Å². The average Bonchev–Trinajstić information content (AvgIpc) is 2.92. The summed E-state index contributed by atoms with van der Waals surface area (Å²) in [6.45, 7) is 0.938. The fraction of sp³-hybridized carbons (Fsp3) is 0.294. The monoisotopic (exact) mass is 343 g/mol. The van der Waals surface area contributed by atoms with Gasteiger partial charge in [0.15, 0.2) is 0 Å². The molecule has 6 nitrogen and oxygen atoms in total. The summed E-state index contributed by atoms with van der Waals surface area (Å²) in [6, 6.07) is 6.88. The molecule has 1 aromatic carbocycles. The van der Waals surface area contributed by atoms with Gasteiger partial charge in [-0.3, -0.25) is 9.78 Å². The van der Waals surface area contributed by atoms with Crippen molar-refractivity contribution in [2.75, 3.05) is 11.4 Å². The van der Waals surface area contributed by atoms with E-state index in [1.54, 1.807) is 41.6 Å². The van der Waals surface area contributed by atoms with E-state index in [1.807, 2.05) is 0 Å². The molecule has 7 heteroatoms. The minimum absolute atomic E-state index is 0.0604. The van der Waals surface area contributed by atoms with Crippen LogP contribution in [0.25, 0.3) is 0 Å². The Balaban J connectivity index is 1.65. The summed E-state index contributed by atoms with van der Waals surface area (Å²) in [7, 11) is -3.62. The first-order valence-electron chi connectivity index (χ1n) is 7.89. The SMILES string of the molecule is O=C1Cc2cc(S(=O)(=O)NCc3ccncc3)cc3c2N1CCC3. The van der Waals surface area contributed by atoms with Gasteiger partial charge in [0.1, 0.15) is 0 Å². The van der Waals surface area contributed by atoms with Crippen molar-refractivity contribution in [3.8, 4) is 0 Å². The number of aryl methyl sites for hydroxylation is 1. The Kier molecular flexibility index (Phi) is 3.62. The number of amides is 1. The predicted molar refractivity (Wildman–Crippen MR) is 89.1 cm³/mol. The number of hydrogen-bond donors (Lipinski definition) is 1. The summed E-state index contributed by atoms with van der Waals surface area (Å²) in [5, 5.41) is 0. The Morgan fingerprint density at radius 2 is 1.92 bits per heavy atom. The third-order valence-electron chi connectivity index (χ3n) is 4.51. The fourth-order valence-corrected chi connectivity index (χ4v) is 4.48. The highest BCUT2D eigenvalue weighted by Gasteiger charge is 2.33. The number of carbonyl (C=O) groups is 1.